The molecule has 5 aromatic rings. The van der Waals surface area contributed by atoms with Crippen molar-refractivity contribution in [2.45, 2.75) is 32.9 Å². The number of nitro benzene ring substituents is 1. The van der Waals surface area contributed by atoms with Gasteiger partial charge < -0.3 is 24.3 Å². The number of para-hydroxylation sites is 1. The Morgan fingerprint density at radius 2 is 1.68 bits per heavy atom. The quantitative estimate of drug-likeness (QED) is 0.109. The van der Waals surface area contributed by atoms with Crippen LogP contribution < -0.4 is 19.7 Å². The summed E-state index contributed by atoms with van der Waals surface area (Å²) in [7, 11) is 1.56. The number of hydrogen-bond acceptors (Lipinski definition) is 6. The molecule has 0 saturated carbocycles. The third-order valence-corrected chi connectivity index (χ3v) is 8.25. The van der Waals surface area contributed by atoms with E-state index in [0.29, 0.717) is 16.5 Å². The Hall–Kier alpha value is -5.22. The van der Waals surface area contributed by atoms with E-state index < -0.39 is 4.92 Å². The first-order chi connectivity index (χ1) is 21.3. The smallest absolute Gasteiger partial charge is 0.271 e. The molecule has 1 fully saturated rings. The van der Waals surface area contributed by atoms with E-state index >= 15 is 0 Å². The highest BCUT2D eigenvalue weighted by Gasteiger charge is 2.42. The van der Waals surface area contributed by atoms with Crippen LogP contribution in [0.1, 0.15) is 40.3 Å². The number of rotatable bonds is 8. The van der Waals surface area contributed by atoms with Crippen LogP contribution in [0, 0.1) is 30.9 Å². The van der Waals surface area contributed by atoms with Crippen LogP contribution >= 0.6 is 12.2 Å². The number of non-ortho nitro benzene ring substituents is 1. The Morgan fingerprint density at radius 3 is 2.36 bits per heavy atom. The molecule has 0 spiro atoms. The Balaban J connectivity index is 1.45. The minimum Gasteiger partial charge on any atom is -0.495 e. The molecule has 0 bridgehead atoms. The van der Waals surface area contributed by atoms with E-state index in [4.69, 9.17) is 21.7 Å². The number of ether oxygens (including phenoxy) is 2. The molecule has 0 radical (unpaired) electrons. The average Bonchev–Trinajstić information content (AvgIpc) is 3.53. The normalized spacial score (nSPS) is 16.1. The summed E-state index contributed by atoms with van der Waals surface area (Å²) in [6.45, 7) is 6.00. The fraction of sp³-hybridized carbons (Fsp3) is 0.176. The van der Waals surface area contributed by atoms with Crippen molar-refractivity contribution in [3.8, 4) is 22.9 Å². The molecule has 222 valence electrons. The van der Waals surface area contributed by atoms with Crippen LogP contribution in [0.2, 0.25) is 0 Å². The molecule has 1 saturated heterocycles. The molecule has 3 aromatic carbocycles. The number of hydrogen-bond donors (Lipinski definition) is 1. The Kier molecular flexibility index (Phi) is 7.75. The Labute approximate surface area is 260 Å². The number of nitrogens with one attached hydrogen (secondary N) is 1. The van der Waals surface area contributed by atoms with Crippen LogP contribution in [-0.4, -0.2) is 26.7 Å². The Morgan fingerprint density at radius 1 is 0.932 bits per heavy atom. The standard InChI is InChI=1S/C34H31N5O4S/c1-21-9-5-6-11-30(21)43-26-15-12-24(13-16-26)38-33(32(36-34(38)44)28-10-7-8-18-35-28)27-19-22(2)37(23(27)3)29-20-25(39(40)41)14-17-31(29)42-4/h5-20,32-33H,1-4H3,(H,36,44)/t32-,33-/m0/s1. The summed E-state index contributed by atoms with van der Waals surface area (Å²) >= 11 is 5.95. The fourth-order valence-corrected chi connectivity index (χ4v) is 6.19. The zero-order chi connectivity index (χ0) is 31.0. The first-order valence-electron chi connectivity index (χ1n) is 14.1. The second kappa shape index (κ2) is 11.8. The van der Waals surface area contributed by atoms with Crippen LogP contribution in [0.3, 0.4) is 0 Å². The van der Waals surface area contributed by atoms with Crippen molar-refractivity contribution in [2.75, 3.05) is 12.0 Å². The lowest BCUT2D eigenvalue weighted by molar-refractivity contribution is -0.384. The molecule has 10 heteroatoms. The summed E-state index contributed by atoms with van der Waals surface area (Å²) in [6, 6.07) is 27.8. The van der Waals surface area contributed by atoms with E-state index in [1.54, 1.807) is 25.4 Å². The minimum atomic E-state index is -0.400. The summed E-state index contributed by atoms with van der Waals surface area (Å²) in [6.07, 6.45) is 1.77. The molecule has 44 heavy (non-hydrogen) atoms. The highest BCUT2D eigenvalue weighted by molar-refractivity contribution is 7.80. The lowest BCUT2D eigenvalue weighted by Crippen LogP contribution is -2.29. The summed E-state index contributed by atoms with van der Waals surface area (Å²) < 4.78 is 13.8. The number of methoxy groups -OCH3 is 1. The number of nitrogens with zero attached hydrogens (tertiary/aromatic N) is 4. The molecule has 6 rings (SSSR count). The summed E-state index contributed by atoms with van der Waals surface area (Å²) in [4.78, 5) is 18.0. The van der Waals surface area contributed by atoms with Gasteiger partial charge in [-0.05, 0) is 98.7 Å². The lowest BCUT2D eigenvalue weighted by Gasteiger charge is -2.28. The largest absolute Gasteiger partial charge is 0.495 e. The molecule has 1 N–H and O–H groups in total. The highest BCUT2D eigenvalue weighted by atomic mass is 32.1. The molecular formula is C34H31N5O4S. The third-order valence-electron chi connectivity index (χ3n) is 7.94. The van der Waals surface area contributed by atoms with E-state index in [-0.39, 0.29) is 17.8 Å². The number of anilines is 1. The highest BCUT2D eigenvalue weighted by Crippen LogP contribution is 2.45. The maximum Gasteiger partial charge on any atom is 0.271 e. The molecule has 2 aromatic heterocycles. The van der Waals surface area contributed by atoms with E-state index in [0.717, 1.165) is 45.4 Å². The molecule has 2 atom stereocenters. The van der Waals surface area contributed by atoms with Gasteiger partial charge in [-0.25, -0.2) is 0 Å². The van der Waals surface area contributed by atoms with Gasteiger partial charge in [0.15, 0.2) is 5.11 Å². The van der Waals surface area contributed by atoms with Crippen LogP contribution in [0.15, 0.2) is 97.2 Å². The van der Waals surface area contributed by atoms with E-state index in [1.165, 1.54) is 6.07 Å². The Bertz CT molecular complexity index is 1860. The molecule has 1 aliphatic rings. The van der Waals surface area contributed by atoms with E-state index in [2.05, 4.69) is 21.3 Å². The molecular weight excluding hydrogens is 574 g/mol. The van der Waals surface area contributed by atoms with Crippen LogP contribution in [-0.2, 0) is 0 Å². The SMILES string of the molecule is COc1ccc([N+](=O)[O-])cc1-n1c(C)cc([C@H]2[C@H](c3ccccn3)NC(=S)N2c2ccc(Oc3ccccc3C)cc2)c1C. The van der Waals surface area contributed by atoms with Gasteiger partial charge >= 0.3 is 0 Å². The van der Waals surface area contributed by atoms with Crippen molar-refractivity contribution in [1.29, 1.82) is 0 Å². The van der Waals surface area contributed by atoms with Gasteiger partial charge in [0.1, 0.15) is 17.2 Å². The average molecular weight is 606 g/mol. The number of nitro groups is 1. The summed E-state index contributed by atoms with van der Waals surface area (Å²) in [5, 5.41) is 15.7. The number of benzene rings is 3. The van der Waals surface area contributed by atoms with Crippen molar-refractivity contribution >= 4 is 28.7 Å². The van der Waals surface area contributed by atoms with Gasteiger partial charge in [-0.2, -0.15) is 0 Å². The van der Waals surface area contributed by atoms with Crippen molar-refractivity contribution in [1.82, 2.24) is 14.9 Å². The van der Waals surface area contributed by atoms with Gasteiger partial charge in [-0.1, -0.05) is 24.3 Å². The topological polar surface area (TPSA) is 94.7 Å². The van der Waals surface area contributed by atoms with Gasteiger partial charge in [-0.15, -0.1) is 0 Å². The predicted molar refractivity (Wildman–Crippen MR) is 174 cm³/mol. The maximum absolute atomic E-state index is 11.7. The van der Waals surface area contributed by atoms with Gasteiger partial charge in [0.05, 0.1) is 35.5 Å². The number of pyridine rings is 1. The summed E-state index contributed by atoms with van der Waals surface area (Å²) in [5.41, 5.74) is 6.17. The zero-order valence-electron chi connectivity index (χ0n) is 24.7. The van der Waals surface area contributed by atoms with Crippen LogP contribution in [0.4, 0.5) is 11.4 Å². The zero-order valence-corrected chi connectivity index (χ0v) is 25.5. The minimum absolute atomic E-state index is 0.0143. The number of aryl methyl sites for hydroxylation is 2. The second-order valence-corrected chi connectivity index (χ2v) is 11.0. The van der Waals surface area contributed by atoms with Crippen molar-refractivity contribution < 1.29 is 14.4 Å². The van der Waals surface area contributed by atoms with Crippen LogP contribution in [0.5, 0.6) is 17.2 Å². The van der Waals surface area contributed by atoms with Crippen molar-refractivity contribution in [2.24, 2.45) is 0 Å². The van der Waals surface area contributed by atoms with Crippen molar-refractivity contribution in [3.63, 3.8) is 0 Å². The van der Waals surface area contributed by atoms with Crippen LogP contribution in [0.25, 0.3) is 5.69 Å². The molecule has 0 aliphatic carbocycles. The molecule has 1 aliphatic heterocycles. The number of thiocarbonyl (C=S) groups is 1. The number of aromatic nitrogens is 2. The first kappa shape index (κ1) is 28.9. The van der Waals surface area contributed by atoms with Gasteiger partial charge in [0, 0.05) is 35.4 Å². The predicted octanol–water partition coefficient (Wildman–Crippen LogP) is 7.68. The maximum atomic E-state index is 11.7. The monoisotopic (exact) mass is 605 g/mol. The second-order valence-electron chi connectivity index (χ2n) is 10.6. The fourth-order valence-electron chi connectivity index (χ4n) is 5.85. The third kappa shape index (κ3) is 5.24. The van der Waals surface area contributed by atoms with E-state index in [1.807, 2.05) is 92.1 Å². The first-order valence-corrected chi connectivity index (χ1v) is 14.5. The molecule has 0 unspecified atom stereocenters. The van der Waals surface area contributed by atoms with Crippen molar-refractivity contribution in [3.05, 3.63) is 136 Å². The molecule has 3 heterocycles. The molecule has 0 amide bonds. The molecule has 9 nitrogen and oxygen atoms in total. The van der Waals surface area contributed by atoms with Gasteiger partial charge in [0.2, 0.25) is 0 Å². The van der Waals surface area contributed by atoms with Gasteiger partial charge in [0.25, 0.3) is 5.69 Å². The summed E-state index contributed by atoms with van der Waals surface area (Å²) in [5.74, 6) is 2.05. The van der Waals surface area contributed by atoms with Gasteiger partial charge in [-0.3, -0.25) is 15.1 Å². The van der Waals surface area contributed by atoms with E-state index in [9.17, 15) is 10.1 Å². The lowest BCUT2D eigenvalue weighted by atomic mass is 9.96.